The molecule has 0 spiro atoms. The summed E-state index contributed by atoms with van der Waals surface area (Å²) in [5.41, 5.74) is 10.4. The number of nitrogens with two attached hydrogens (primary N) is 1. The molecule has 1 heterocycles. The van der Waals surface area contributed by atoms with Crippen LogP contribution in [-0.2, 0) is 6.42 Å². The van der Waals surface area contributed by atoms with Gasteiger partial charge in [-0.1, -0.05) is 51.7 Å². The van der Waals surface area contributed by atoms with E-state index in [1.807, 2.05) is 31.2 Å². The summed E-state index contributed by atoms with van der Waals surface area (Å²) in [5, 5.41) is 9.59. The fourth-order valence-electron chi connectivity index (χ4n) is 3.19. The predicted octanol–water partition coefficient (Wildman–Crippen LogP) is 5.42. The van der Waals surface area contributed by atoms with Gasteiger partial charge in [0.1, 0.15) is 23.2 Å². The van der Waals surface area contributed by atoms with Crippen molar-refractivity contribution in [3.63, 3.8) is 0 Å². The largest absolute Gasteiger partial charge is 0.494 e. The van der Waals surface area contributed by atoms with Crippen molar-refractivity contribution < 1.29 is 4.74 Å². The van der Waals surface area contributed by atoms with Crippen molar-refractivity contribution in [3.8, 4) is 22.9 Å². The Morgan fingerprint density at radius 1 is 1.08 bits per heavy atom. The smallest absolute Gasteiger partial charge is 0.142 e. The number of nitriles is 1. The second kappa shape index (κ2) is 9.82. The fourth-order valence-corrected chi connectivity index (χ4v) is 3.19. The first-order valence-electron chi connectivity index (χ1n) is 9.54. The summed E-state index contributed by atoms with van der Waals surface area (Å²) in [6.07, 6.45) is 6.62. The Hall–Kier alpha value is -2.54. The molecule has 2 rings (SSSR count). The predicted molar refractivity (Wildman–Crippen MR) is 107 cm³/mol. The number of rotatable bonds is 9. The molecule has 0 bridgehead atoms. The quantitative estimate of drug-likeness (QED) is 0.612. The third kappa shape index (κ3) is 4.76. The summed E-state index contributed by atoms with van der Waals surface area (Å²) in [6, 6.07) is 10.2. The highest BCUT2D eigenvalue weighted by Crippen LogP contribution is 2.33. The van der Waals surface area contributed by atoms with Gasteiger partial charge in [-0.15, -0.1) is 0 Å². The minimum absolute atomic E-state index is 0.302. The van der Waals surface area contributed by atoms with Gasteiger partial charge in [0.25, 0.3) is 0 Å². The maximum Gasteiger partial charge on any atom is 0.142 e. The number of ether oxygens (including phenoxy) is 1. The zero-order chi connectivity index (χ0) is 18.9. The Morgan fingerprint density at radius 2 is 1.81 bits per heavy atom. The Kier molecular flexibility index (Phi) is 7.47. The van der Waals surface area contributed by atoms with Gasteiger partial charge in [0.2, 0.25) is 0 Å². The number of unbranched alkanes of at least 4 members (excludes halogenated alkanes) is 3. The highest BCUT2D eigenvalue weighted by molar-refractivity contribution is 5.79. The highest BCUT2D eigenvalue weighted by Gasteiger charge is 2.17. The topological polar surface area (TPSA) is 71.9 Å². The zero-order valence-corrected chi connectivity index (χ0v) is 16.1. The molecule has 138 valence electrons. The van der Waals surface area contributed by atoms with E-state index in [1.54, 1.807) is 0 Å². The van der Waals surface area contributed by atoms with Crippen LogP contribution in [0.4, 0.5) is 5.82 Å². The molecule has 0 amide bonds. The van der Waals surface area contributed by atoms with Crippen molar-refractivity contribution in [2.45, 2.75) is 59.3 Å². The maximum absolute atomic E-state index is 9.59. The molecule has 0 radical (unpaired) electrons. The third-order valence-electron chi connectivity index (χ3n) is 4.55. The molecule has 0 saturated heterocycles. The van der Waals surface area contributed by atoms with Crippen LogP contribution in [0.5, 0.6) is 5.75 Å². The fraction of sp³-hybridized carbons (Fsp3) is 0.455. The molecule has 0 fully saturated rings. The SMILES string of the molecule is CCCCCCOc1ccc(-c2c(C#N)c(N)nc(C)c2CCC)cc1. The number of aryl methyl sites for hydroxylation is 1. The first-order chi connectivity index (χ1) is 12.6. The average molecular weight is 351 g/mol. The number of nitrogens with zero attached hydrogens (tertiary/aromatic N) is 2. The van der Waals surface area contributed by atoms with E-state index in [0.29, 0.717) is 11.4 Å². The minimum Gasteiger partial charge on any atom is -0.494 e. The van der Waals surface area contributed by atoms with Crippen molar-refractivity contribution >= 4 is 5.82 Å². The van der Waals surface area contributed by atoms with E-state index in [1.165, 1.54) is 19.3 Å². The molecule has 0 aliphatic carbocycles. The van der Waals surface area contributed by atoms with Crippen LogP contribution in [0, 0.1) is 18.3 Å². The van der Waals surface area contributed by atoms with Gasteiger partial charge in [-0.2, -0.15) is 5.26 Å². The molecule has 0 atom stereocenters. The van der Waals surface area contributed by atoms with Gasteiger partial charge in [0.05, 0.1) is 6.61 Å². The van der Waals surface area contributed by atoms with Crippen LogP contribution in [0.2, 0.25) is 0 Å². The number of anilines is 1. The monoisotopic (exact) mass is 351 g/mol. The molecule has 1 aromatic heterocycles. The normalized spacial score (nSPS) is 10.5. The molecule has 0 unspecified atom stereocenters. The molecule has 1 aromatic carbocycles. The van der Waals surface area contributed by atoms with Crippen molar-refractivity contribution in [1.82, 2.24) is 4.98 Å². The van der Waals surface area contributed by atoms with Crippen molar-refractivity contribution in [2.24, 2.45) is 0 Å². The molecule has 2 aromatic rings. The van der Waals surface area contributed by atoms with Crippen LogP contribution in [0.25, 0.3) is 11.1 Å². The van der Waals surface area contributed by atoms with E-state index in [2.05, 4.69) is 24.9 Å². The summed E-state index contributed by atoms with van der Waals surface area (Å²) in [4.78, 5) is 4.36. The number of benzene rings is 1. The second-order valence-electron chi connectivity index (χ2n) is 6.61. The summed E-state index contributed by atoms with van der Waals surface area (Å²) in [7, 11) is 0. The lowest BCUT2D eigenvalue weighted by Gasteiger charge is -2.16. The summed E-state index contributed by atoms with van der Waals surface area (Å²) in [5.74, 6) is 1.16. The van der Waals surface area contributed by atoms with Crippen LogP contribution in [-0.4, -0.2) is 11.6 Å². The first kappa shape index (κ1) is 19.8. The average Bonchev–Trinajstić information content (AvgIpc) is 2.64. The Bertz CT molecular complexity index is 760. The molecule has 0 aliphatic heterocycles. The molecular formula is C22H29N3O. The molecule has 4 heteroatoms. The van der Waals surface area contributed by atoms with Crippen LogP contribution < -0.4 is 10.5 Å². The molecule has 26 heavy (non-hydrogen) atoms. The van der Waals surface area contributed by atoms with Gasteiger partial charge in [-0.3, -0.25) is 0 Å². The van der Waals surface area contributed by atoms with Crippen LogP contribution in [0.1, 0.15) is 62.8 Å². The number of hydrogen-bond donors (Lipinski definition) is 1. The molecule has 0 saturated carbocycles. The highest BCUT2D eigenvalue weighted by atomic mass is 16.5. The maximum atomic E-state index is 9.59. The van der Waals surface area contributed by atoms with E-state index >= 15 is 0 Å². The summed E-state index contributed by atoms with van der Waals surface area (Å²) < 4.78 is 5.82. The van der Waals surface area contributed by atoms with Crippen molar-refractivity contribution in [1.29, 1.82) is 5.26 Å². The Morgan fingerprint density at radius 3 is 2.42 bits per heavy atom. The van der Waals surface area contributed by atoms with E-state index in [-0.39, 0.29) is 0 Å². The van der Waals surface area contributed by atoms with Crippen molar-refractivity contribution in [3.05, 3.63) is 41.1 Å². The molecule has 0 aliphatic rings. The van der Waals surface area contributed by atoms with Crippen LogP contribution in [0.15, 0.2) is 24.3 Å². The lowest BCUT2D eigenvalue weighted by molar-refractivity contribution is 0.305. The van der Waals surface area contributed by atoms with E-state index in [9.17, 15) is 5.26 Å². The van der Waals surface area contributed by atoms with Gasteiger partial charge in [0.15, 0.2) is 0 Å². The lowest BCUT2D eigenvalue weighted by Crippen LogP contribution is -2.05. The summed E-state index contributed by atoms with van der Waals surface area (Å²) >= 11 is 0. The van der Waals surface area contributed by atoms with Gasteiger partial charge >= 0.3 is 0 Å². The number of pyridine rings is 1. The van der Waals surface area contributed by atoms with Gasteiger partial charge in [-0.25, -0.2) is 4.98 Å². The molecular weight excluding hydrogens is 322 g/mol. The van der Waals surface area contributed by atoms with E-state index < -0.39 is 0 Å². The van der Waals surface area contributed by atoms with Gasteiger partial charge in [0, 0.05) is 11.3 Å². The van der Waals surface area contributed by atoms with Gasteiger partial charge in [-0.05, 0) is 43.0 Å². The second-order valence-corrected chi connectivity index (χ2v) is 6.61. The Labute approximate surface area is 157 Å². The minimum atomic E-state index is 0.302. The molecule has 4 nitrogen and oxygen atoms in total. The lowest BCUT2D eigenvalue weighted by atomic mass is 9.92. The first-order valence-corrected chi connectivity index (χ1v) is 9.54. The number of aromatic nitrogens is 1. The standard InChI is InChI=1S/C22H29N3O/c1-4-6-7-8-14-26-18-12-10-17(11-13-18)21-19(9-5-2)16(3)25-22(24)20(21)15-23/h10-13H,4-9,14H2,1-3H3,(H2,24,25). The summed E-state index contributed by atoms with van der Waals surface area (Å²) in [6.45, 7) is 7.03. The van der Waals surface area contributed by atoms with Crippen LogP contribution in [0.3, 0.4) is 0 Å². The Balaban J connectivity index is 2.26. The molecule has 2 N–H and O–H groups in total. The van der Waals surface area contributed by atoms with Gasteiger partial charge < -0.3 is 10.5 Å². The number of nitrogen functional groups attached to an aromatic ring is 1. The zero-order valence-electron chi connectivity index (χ0n) is 16.1. The number of hydrogen-bond acceptors (Lipinski definition) is 4. The van der Waals surface area contributed by atoms with Crippen molar-refractivity contribution in [2.75, 3.05) is 12.3 Å². The van der Waals surface area contributed by atoms with Crippen LogP contribution >= 0.6 is 0 Å². The van der Waals surface area contributed by atoms with E-state index in [4.69, 9.17) is 10.5 Å². The van der Waals surface area contributed by atoms with E-state index in [0.717, 1.165) is 54.0 Å². The third-order valence-corrected chi connectivity index (χ3v) is 4.55.